The van der Waals surface area contributed by atoms with Crippen LogP contribution in [0.1, 0.15) is 104 Å². The molecular weight excluding hydrogens is 719 g/mol. The molecule has 8 rings (SSSR count). The van der Waals surface area contributed by atoms with Gasteiger partial charge in [0.1, 0.15) is 11.6 Å². The van der Waals surface area contributed by atoms with Gasteiger partial charge in [-0.15, -0.1) is 0 Å². The molecule has 4 heteroatoms. The smallest absolute Gasteiger partial charge is 0.149 e. The average Bonchev–Trinajstić information content (AvgIpc) is 3.58. The van der Waals surface area contributed by atoms with E-state index in [2.05, 4.69) is 208 Å². The first kappa shape index (κ1) is 39.8. The van der Waals surface area contributed by atoms with Crippen molar-refractivity contribution in [1.82, 2.24) is 14.5 Å². The molecule has 0 saturated carbocycles. The molecule has 2 aromatic heterocycles. The summed E-state index contributed by atoms with van der Waals surface area (Å²) in [6.45, 7) is 24.6. The number of phenolic OH excluding ortho intramolecular Hbond substituents is 1. The lowest BCUT2D eigenvalue weighted by molar-refractivity contribution is 0.446. The molecule has 298 valence electrons. The number of aromatic nitrogens is 3. The number of para-hydroxylation sites is 2. The Bertz CT molecular complexity index is 2850. The van der Waals surface area contributed by atoms with E-state index in [0.29, 0.717) is 0 Å². The van der Waals surface area contributed by atoms with Crippen molar-refractivity contribution >= 4 is 21.8 Å². The summed E-state index contributed by atoms with van der Waals surface area (Å²) in [5, 5.41) is 14.8. The number of imidazole rings is 1. The lowest BCUT2D eigenvalue weighted by atomic mass is 9.79. The summed E-state index contributed by atoms with van der Waals surface area (Å²) >= 11 is 0. The Kier molecular flexibility index (Phi) is 9.90. The first-order valence-corrected chi connectivity index (χ1v) is 21.0. The van der Waals surface area contributed by atoms with Crippen LogP contribution in [0.15, 0.2) is 134 Å². The van der Waals surface area contributed by atoms with Gasteiger partial charge in [-0.3, -0.25) is 9.55 Å². The van der Waals surface area contributed by atoms with Crippen LogP contribution >= 0.6 is 0 Å². The number of hydrogen-bond acceptors (Lipinski definition) is 3. The first-order chi connectivity index (χ1) is 27.9. The molecule has 0 radical (unpaired) electrons. The summed E-state index contributed by atoms with van der Waals surface area (Å²) in [7, 11) is 0. The SMILES string of the molecule is CC(C)c1cccc(-c2ccccc2)c1-n1c(-c2cc(C(C)(C)C)cc(C(C)(C)C)c2O)nc2c(-c3cc(-c4nccc5ccccc45)cc(C(C)(C)C)c3)cccc21. The summed E-state index contributed by atoms with van der Waals surface area (Å²) < 4.78 is 2.34. The fourth-order valence-corrected chi connectivity index (χ4v) is 8.38. The van der Waals surface area contributed by atoms with Crippen LogP contribution in [0.2, 0.25) is 0 Å². The third-order valence-electron chi connectivity index (χ3n) is 11.8. The lowest BCUT2D eigenvalue weighted by Gasteiger charge is -2.28. The summed E-state index contributed by atoms with van der Waals surface area (Å²) in [5.74, 6) is 1.20. The zero-order chi connectivity index (χ0) is 42.0. The molecular formula is C55H57N3O. The van der Waals surface area contributed by atoms with Crippen LogP contribution in [-0.4, -0.2) is 19.6 Å². The Labute approximate surface area is 350 Å². The third-order valence-corrected chi connectivity index (χ3v) is 11.8. The van der Waals surface area contributed by atoms with Gasteiger partial charge in [0.05, 0.1) is 28.0 Å². The van der Waals surface area contributed by atoms with E-state index in [1.165, 1.54) is 11.1 Å². The van der Waals surface area contributed by atoms with Gasteiger partial charge < -0.3 is 5.11 Å². The highest BCUT2D eigenvalue weighted by molar-refractivity contribution is 6.00. The second-order valence-corrected chi connectivity index (χ2v) is 19.6. The molecule has 4 nitrogen and oxygen atoms in total. The van der Waals surface area contributed by atoms with Crippen molar-refractivity contribution in [3.05, 3.63) is 156 Å². The van der Waals surface area contributed by atoms with Crippen molar-refractivity contribution in [3.8, 4) is 56.3 Å². The molecule has 0 aliphatic rings. The molecule has 6 aromatic carbocycles. The van der Waals surface area contributed by atoms with E-state index in [4.69, 9.17) is 9.97 Å². The summed E-state index contributed by atoms with van der Waals surface area (Å²) in [6.07, 6.45) is 1.91. The van der Waals surface area contributed by atoms with Crippen molar-refractivity contribution in [2.45, 2.75) is 98.3 Å². The van der Waals surface area contributed by atoms with Crippen LogP contribution in [0.25, 0.3) is 72.4 Å². The number of rotatable bonds is 6. The monoisotopic (exact) mass is 775 g/mol. The Morgan fingerprint density at radius 3 is 1.90 bits per heavy atom. The second-order valence-electron chi connectivity index (χ2n) is 19.6. The Morgan fingerprint density at radius 1 is 0.559 bits per heavy atom. The van der Waals surface area contributed by atoms with Gasteiger partial charge in [-0.25, -0.2) is 4.98 Å². The zero-order valence-electron chi connectivity index (χ0n) is 36.6. The van der Waals surface area contributed by atoms with E-state index in [1.807, 2.05) is 6.20 Å². The minimum atomic E-state index is -0.313. The fourth-order valence-electron chi connectivity index (χ4n) is 8.38. The molecule has 0 amide bonds. The minimum absolute atomic E-state index is 0.128. The molecule has 0 saturated heterocycles. The molecule has 0 bridgehead atoms. The van der Waals surface area contributed by atoms with Crippen LogP contribution in [0, 0.1) is 0 Å². The number of phenols is 1. The standard InChI is InChI=1S/C55H57N3O/c1-34(2)41-23-17-25-44(35-19-13-12-14-20-35)50(41)58-47-26-18-24-43(49(47)57-52(58)45-32-40(54(6,7)8)33-46(51(45)59)55(9,10)11)37-29-38(31-39(30-37)53(3,4)5)48-42-22-16-15-21-36(42)27-28-56-48/h12-34,59H,1-11H3. The van der Waals surface area contributed by atoms with E-state index in [0.717, 1.165) is 83.5 Å². The lowest BCUT2D eigenvalue weighted by Crippen LogP contribution is -2.17. The molecule has 0 unspecified atom stereocenters. The van der Waals surface area contributed by atoms with E-state index in [-0.39, 0.29) is 27.9 Å². The summed E-state index contributed by atoms with van der Waals surface area (Å²) in [6, 6.07) is 45.7. The van der Waals surface area contributed by atoms with Crippen molar-refractivity contribution < 1.29 is 5.11 Å². The summed E-state index contributed by atoms with van der Waals surface area (Å²) in [5.41, 5.74) is 13.9. The van der Waals surface area contributed by atoms with E-state index < -0.39 is 0 Å². The average molecular weight is 776 g/mol. The topological polar surface area (TPSA) is 50.9 Å². The van der Waals surface area contributed by atoms with Gasteiger partial charge in [0, 0.05) is 33.8 Å². The van der Waals surface area contributed by atoms with Crippen molar-refractivity contribution in [2.75, 3.05) is 0 Å². The molecule has 1 N–H and O–H groups in total. The van der Waals surface area contributed by atoms with Crippen LogP contribution in [0.5, 0.6) is 5.75 Å². The van der Waals surface area contributed by atoms with Gasteiger partial charge in [-0.1, -0.05) is 173 Å². The van der Waals surface area contributed by atoms with E-state index >= 15 is 0 Å². The number of fused-ring (bicyclic) bond motifs is 2. The molecule has 0 aliphatic heterocycles. The minimum Gasteiger partial charge on any atom is -0.507 e. The number of nitrogens with zero attached hydrogens (tertiary/aromatic N) is 3. The van der Waals surface area contributed by atoms with E-state index in [9.17, 15) is 5.11 Å². The molecule has 0 atom stereocenters. The highest BCUT2D eigenvalue weighted by Gasteiger charge is 2.30. The number of benzene rings is 6. The largest absolute Gasteiger partial charge is 0.507 e. The maximum Gasteiger partial charge on any atom is 0.149 e. The van der Waals surface area contributed by atoms with Crippen LogP contribution in [0.4, 0.5) is 0 Å². The van der Waals surface area contributed by atoms with Gasteiger partial charge in [-0.05, 0) is 85.7 Å². The molecule has 59 heavy (non-hydrogen) atoms. The second kappa shape index (κ2) is 14.7. The highest BCUT2D eigenvalue weighted by atomic mass is 16.3. The molecule has 8 aromatic rings. The number of pyridine rings is 1. The van der Waals surface area contributed by atoms with E-state index in [1.54, 1.807) is 0 Å². The molecule has 2 heterocycles. The Balaban J connectivity index is 1.52. The van der Waals surface area contributed by atoms with Crippen LogP contribution in [-0.2, 0) is 16.2 Å². The molecule has 0 spiro atoms. The Hall–Kier alpha value is -6.00. The maximum atomic E-state index is 12.5. The van der Waals surface area contributed by atoms with Gasteiger partial charge in [0.25, 0.3) is 0 Å². The predicted octanol–water partition coefficient (Wildman–Crippen LogP) is 15.0. The van der Waals surface area contributed by atoms with Crippen molar-refractivity contribution in [1.29, 1.82) is 0 Å². The third kappa shape index (κ3) is 7.35. The zero-order valence-corrected chi connectivity index (χ0v) is 36.6. The fraction of sp³-hybridized carbons (Fsp3) is 0.273. The van der Waals surface area contributed by atoms with Gasteiger partial charge >= 0.3 is 0 Å². The van der Waals surface area contributed by atoms with Gasteiger partial charge in [-0.2, -0.15) is 0 Å². The number of hydrogen-bond donors (Lipinski definition) is 1. The Morgan fingerprint density at radius 2 is 1.20 bits per heavy atom. The maximum absolute atomic E-state index is 12.5. The van der Waals surface area contributed by atoms with Gasteiger partial charge in [0.15, 0.2) is 0 Å². The predicted molar refractivity (Wildman–Crippen MR) is 250 cm³/mol. The normalized spacial score (nSPS) is 12.5. The summed E-state index contributed by atoms with van der Waals surface area (Å²) in [4.78, 5) is 10.7. The van der Waals surface area contributed by atoms with Crippen molar-refractivity contribution in [2.24, 2.45) is 0 Å². The van der Waals surface area contributed by atoms with Crippen LogP contribution < -0.4 is 0 Å². The molecule has 0 fully saturated rings. The quantitative estimate of drug-likeness (QED) is 0.183. The highest BCUT2D eigenvalue weighted by Crippen LogP contribution is 2.47. The van der Waals surface area contributed by atoms with Gasteiger partial charge in [0.2, 0.25) is 0 Å². The van der Waals surface area contributed by atoms with Crippen LogP contribution in [0.3, 0.4) is 0 Å². The van der Waals surface area contributed by atoms with Crippen molar-refractivity contribution in [3.63, 3.8) is 0 Å². The number of aromatic hydroxyl groups is 1. The first-order valence-electron chi connectivity index (χ1n) is 21.0. The molecule has 0 aliphatic carbocycles.